The van der Waals surface area contributed by atoms with Gasteiger partial charge in [-0.05, 0) is 134 Å². The Kier molecular flexibility index (Phi) is 14.7. The molecule has 1 atom stereocenters. The summed E-state index contributed by atoms with van der Waals surface area (Å²) in [5, 5.41) is 0.126. The summed E-state index contributed by atoms with van der Waals surface area (Å²) in [6.45, 7) is 18.6. The van der Waals surface area contributed by atoms with E-state index in [0.29, 0.717) is 0 Å². The summed E-state index contributed by atoms with van der Waals surface area (Å²) in [6, 6.07) is 9.71. The van der Waals surface area contributed by atoms with E-state index >= 15 is 0 Å². The predicted molar refractivity (Wildman–Crippen MR) is 220 cm³/mol. The van der Waals surface area contributed by atoms with Crippen molar-refractivity contribution in [2.45, 2.75) is 168 Å². The maximum atomic E-state index is 4.85. The van der Waals surface area contributed by atoms with Gasteiger partial charge in [0.1, 0.15) is 6.17 Å². The molecule has 2 aromatic rings. The van der Waals surface area contributed by atoms with Crippen molar-refractivity contribution in [3.8, 4) is 0 Å². The van der Waals surface area contributed by atoms with Crippen molar-refractivity contribution >= 4 is 38.7 Å². The van der Waals surface area contributed by atoms with E-state index in [2.05, 4.69) is 114 Å². The molecule has 1 aliphatic heterocycles. The summed E-state index contributed by atoms with van der Waals surface area (Å²) in [5.41, 5.74) is 16.2. The van der Waals surface area contributed by atoms with Crippen LogP contribution in [0.25, 0.3) is 0 Å². The molecule has 6 heteroatoms. The van der Waals surface area contributed by atoms with Gasteiger partial charge in [-0.25, -0.2) is 0 Å². The van der Waals surface area contributed by atoms with Gasteiger partial charge in [0.15, 0.2) is 0 Å². The molecular weight excluding hydrogens is 759 g/mol. The zero-order chi connectivity index (χ0) is 36.0. The van der Waals surface area contributed by atoms with Crippen LogP contribution in [0.5, 0.6) is 0 Å². The van der Waals surface area contributed by atoms with E-state index in [1.54, 1.807) is 5.57 Å². The van der Waals surface area contributed by atoms with Crippen LogP contribution in [-0.2, 0) is 15.1 Å². The molecule has 0 radical (unpaired) electrons. The first-order chi connectivity index (χ1) is 24.0. The molecule has 2 aromatic carbocycles. The standard InChI is InChI=1S/C44H63N2P.2ClH.Ru/c1-31(2)22-23-38-17-15-16-24-44(38,47(39-18-11-9-12-19-39)40-20-13-10-14-21-40)43-45(41-34(5)27-32(3)28-35(41)6)25-26-46(43)42-36(7)29-33(4)30-37(42)8;;;/h22-23,25-30,39-40,43H,9-21,24H2,1-8H3;2*1H;/q;;;+2/p-2. The van der Waals surface area contributed by atoms with E-state index in [4.69, 9.17) is 19.4 Å². The van der Waals surface area contributed by atoms with E-state index in [1.165, 1.54) is 140 Å². The molecule has 0 amide bonds. The van der Waals surface area contributed by atoms with Gasteiger partial charge in [0, 0.05) is 23.8 Å². The molecule has 1 heterocycles. The SMILES string of the molecule is CC(C)=CC=C1CCCCC1(C1N(c2c(C)cc(C)cc2C)C=CN1c1c(C)cc(C)cc1C)P(C1CCCCC1)C1CCCCC1.[Cl][Ru][Cl]. The van der Waals surface area contributed by atoms with E-state index in [-0.39, 0.29) is 34.4 Å². The fraction of sp³-hybridized carbons (Fsp3) is 0.591. The molecular formula is C44H63Cl2N2PRu. The van der Waals surface area contributed by atoms with Crippen LogP contribution >= 0.6 is 27.3 Å². The first kappa shape index (κ1) is 40.1. The summed E-state index contributed by atoms with van der Waals surface area (Å²) >= 11 is -0.346. The number of aryl methyl sites for hydroxylation is 6. The molecule has 0 saturated heterocycles. The number of hydrogen-bond acceptors (Lipinski definition) is 2. The van der Waals surface area contributed by atoms with Crippen LogP contribution < -0.4 is 9.80 Å². The number of rotatable bonds is 7. The monoisotopic (exact) mass is 822 g/mol. The molecule has 0 N–H and O–H groups in total. The van der Waals surface area contributed by atoms with Crippen molar-refractivity contribution in [1.29, 1.82) is 0 Å². The van der Waals surface area contributed by atoms with Gasteiger partial charge in [-0.2, -0.15) is 0 Å². The molecule has 3 fully saturated rings. The molecule has 50 heavy (non-hydrogen) atoms. The van der Waals surface area contributed by atoms with Gasteiger partial charge in [0.2, 0.25) is 0 Å². The molecule has 3 saturated carbocycles. The molecule has 0 bridgehead atoms. The Balaban J connectivity index is 0.00000156. The van der Waals surface area contributed by atoms with Crippen molar-refractivity contribution < 1.29 is 15.1 Å². The number of benzene rings is 2. The number of halogens is 2. The third kappa shape index (κ3) is 8.64. The van der Waals surface area contributed by atoms with Crippen LogP contribution in [0.2, 0.25) is 0 Å². The molecule has 6 rings (SSSR count). The summed E-state index contributed by atoms with van der Waals surface area (Å²) in [5.74, 6) is 0. The second kappa shape index (κ2) is 18.3. The van der Waals surface area contributed by atoms with E-state index in [9.17, 15) is 0 Å². The molecule has 1 unspecified atom stereocenters. The van der Waals surface area contributed by atoms with Crippen molar-refractivity contribution in [3.63, 3.8) is 0 Å². The summed E-state index contributed by atoms with van der Waals surface area (Å²) in [7, 11) is 9.42. The molecule has 0 aromatic heterocycles. The maximum absolute atomic E-state index is 4.85. The van der Waals surface area contributed by atoms with Crippen LogP contribution in [-0.4, -0.2) is 22.6 Å². The van der Waals surface area contributed by atoms with Gasteiger partial charge < -0.3 is 9.80 Å². The fourth-order valence-corrected chi connectivity index (χ4v) is 15.6. The Hall–Kier alpha value is -1.11. The normalized spacial score (nSPS) is 23.1. The average molecular weight is 823 g/mol. The number of nitrogens with zero attached hydrogens (tertiary/aromatic N) is 2. The number of allylic oxidation sites excluding steroid dienone is 3. The summed E-state index contributed by atoms with van der Waals surface area (Å²) < 4.78 is 0. The Labute approximate surface area is 323 Å². The van der Waals surface area contributed by atoms with Crippen LogP contribution in [0.3, 0.4) is 0 Å². The van der Waals surface area contributed by atoms with Gasteiger partial charge >= 0.3 is 34.5 Å². The average Bonchev–Trinajstić information content (AvgIpc) is 3.49. The minimum atomic E-state index is -0.346. The van der Waals surface area contributed by atoms with Gasteiger partial charge in [-0.15, -0.1) is 0 Å². The molecule has 276 valence electrons. The summed E-state index contributed by atoms with van der Waals surface area (Å²) in [6.07, 6.45) is 30.0. The van der Waals surface area contributed by atoms with Crippen LogP contribution in [0.1, 0.15) is 137 Å². The van der Waals surface area contributed by atoms with Crippen LogP contribution in [0.15, 0.2) is 60.0 Å². The second-order valence-corrected chi connectivity index (χ2v) is 21.8. The van der Waals surface area contributed by atoms with Gasteiger partial charge in [0.05, 0.1) is 5.16 Å². The van der Waals surface area contributed by atoms with E-state index < -0.39 is 0 Å². The summed E-state index contributed by atoms with van der Waals surface area (Å²) in [4.78, 5) is 5.62. The van der Waals surface area contributed by atoms with E-state index in [1.807, 2.05) is 0 Å². The van der Waals surface area contributed by atoms with Gasteiger partial charge in [0.25, 0.3) is 0 Å². The Morgan fingerprint density at radius 2 is 1.10 bits per heavy atom. The quantitative estimate of drug-likeness (QED) is 0.203. The molecule has 4 aliphatic rings. The fourth-order valence-electron chi connectivity index (χ4n) is 10.4. The molecule has 0 spiro atoms. The van der Waals surface area contributed by atoms with Crippen molar-refractivity contribution in [2.75, 3.05) is 9.80 Å². The zero-order valence-electron chi connectivity index (χ0n) is 32.2. The third-order valence-electron chi connectivity index (χ3n) is 12.0. The Bertz CT molecular complexity index is 1420. The Morgan fingerprint density at radius 1 is 0.680 bits per heavy atom. The van der Waals surface area contributed by atoms with E-state index in [0.717, 1.165) is 11.3 Å². The van der Waals surface area contributed by atoms with Crippen LogP contribution in [0.4, 0.5) is 11.4 Å². The van der Waals surface area contributed by atoms with Gasteiger partial charge in [-0.1, -0.05) is 112 Å². The predicted octanol–water partition coefficient (Wildman–Crippen LogP) is 14.4. The first-order valence-electron chi connectivity index (χ1n) is 19.4. The Morgan fingerprint density at radius 3 is 1.50 bits per heavy atom. The number of anilines is 2. The number of hydrogen-bond donors (Lipinski definition) is 0. The van der Waals surface area contributed by atoms with Crippen LogP contribution in [0, 0.1) is 41.5 Å². The zero-order valence-corrected chi connectivity index (χ0v) is 36.3. The van der Waals surface area contributed by atoms with Crippen molar-refractivity contribution in [2.24, 2.45) is 0 Å². The molecule has 2 nitrogen and oxygen atoms in total. The van der Waals surface area contributed by atoms with Gasteiger partial charge in [-0.3, -0.25) is 0 Å². The topological polar surface area (TPSA) is 6.48 Å². The van der Waals surface area contributed by atoms with Crippen molar-refractivity contribution in [3.05, 3.63) is 93.3 Å². The second-order valence-electron chi connectivity index (χ2n) is 16.1. The minimum absolute atomic E-state index is 0.126. The van der Waals surface area contributed by atoms with Crippen molar-refractivity contribution in [1.82, 2.24) is 0 Å². The first-order valence-corrected chi connectivity index (χ1v) is 25.4. The molecule has 3 aliphatic carbocycles. The third-order valence-corrected chi connectivity index (χ3v) is 16.2.